The largest absolute Gasteiger partial charge is 0.357 e. The molecular weight excluding hydrogens is 184 g/mol. The second kappa shape index (κ2) is 4.07. The number of aromatic nitrogens is 1. The van der Waals surface area contributed by atoms with Gasteiger partial charge in [0.1, 0.15) is 0 Å². The third-order valence-corrected chi connectivity index (χ3v) is 2.64. The third-order valence-electron chi connectivity index (χ3n) is 2.64. The second-order valence-electron chi connectivity index (χ2n) is 4.37. The van der Waals surface area contributed by atoms with Crippen molar-refractivity contribution in [2.45, 2.75) is 33.4 Å². The summed E-state index contributed by atoms with van der Waals surface area (Å²) in [5.41, 5.74) is 3.82. The van der Waals surface area contributed by atoms with Gasteiger partial charge in [-0.1, -0.05) is 26.0 Å². The SMILES string of the molecule is Cc1cccc2[nH]c(CNC(C)C)cc12. The van der Waals surface area contributed by atoms with E-state index < -0.39 is 0 Å². The lowest BCUT2D eigenvalue weighted by molar-refractivity contribution is 0.583. The first-order valence-electron chi connectivity index (χ1n) is 5.47. The standard InChI is InChI=1S/C13H18N2/c1-9(2)14-8-11-7-12-10(3)5-4-6-13(12)15-11/h4-7,9,14-15H,8H2,1-3H3. The van der Waals surface area contributed by atoms with Gasteiger partial charge in [0.05, 0.1) is 0 Å². The van der Waals surface area contributed by atoms with Crippen LogP contribution < -0.4 is 5.32 Å². The molecule has 2 nitrogen and oxygen atoms in total. The molecule has 1 aromatic carbocycles. The lowest BCUT2D eigenvalue weighted by atomic mass is 10.1. The van der Waals surface area contributed by atoms with Crippen molar-refractivity contribution in [3.05, 3.63) is 35.5 Å². The maximum Gasteiger partial charge on any atom is 0.0459 e. The molecule has 0 fully saturated rings. The Kier molecular flexibility index (Phi) is 2.78. The number of aromatic amines is 1. The van der Waals surface area contributed by atoms with Gasteiger partial charge in [-0.2, -0.15) is 0 Å². The average molecular weight is 202 g/mol. The Morgan fingerprint density at radius 3 is 2.80 bits per heavy atom. The van der Waals surface area contributed by atoms with E-state index in [-0.39, 0.29) is 0 Å². The number of H-pyrrole nitrogens is 1. The van der Waals surface area contributed by atoms with Crippen molar-refractivity contribution in [1.82, 2.24) is 10.3 Å². The summed E-state index contributed by atoms with van der Waals surface area (Å²) >= 11 is 0. The molecule has 0 atom stereocenters. The Morgan fingerprint density at radius 1 is 1.33 bits per heavy atom. The highest BCUT2D eigenvalue weighted by Crippen LogP contribution is 2.18. The summed E-state index contributed by atoms with van der Waals surface area (Å²) in [6.45, 7) is 7.38. The van der Waals surface area contributed by atoms with Gasteiger partial charge in [0.25, 0.3) is 0 Å². The quantitative estimate of drug-likeness (QED) is 0.786. The van der Waals surface area contributed by atoms with Crippen LogP contribution in [-0.4, -0.2) is 11.0 Å². The highest BCUT2D eigenvalue weighted by molar-refractivity contribution is 5.83. The summed E-state index contributed by atoms with van der Waals surface area (Å²) in [4.78, 5) is 3.43. The summed E-state index contributed by atoms with van der Waals surface area (Å²) < 4.78 is 0. The van der Waals surface area contributed by atoms with Crippen molar-refractivity contribution in [2.75, 3.05) is 0 Å². The Morgan fingerprint density at radius 2 is 2.13 bits per heavy atom. The number of benzene rings is 1. The van der Waals surface area contributed by atoms with E-state index in [4.69, 9.17) is 0 Å². The summed E-state index contributed by atoms with van der Waals surface area (Å²) in [5, 5.41) is 4.74. The summed E-state index contributed by atoms with van der Waals surface area (Å²) in [5.74, 6) is 0. The normalized spacial score (nSPS) is 11.5. The van der Waals surface area contributed by atoms with Crippen molar-refractivity contribution in [2.24, 2.45) is 0 Å². The van der Waals surface area contributed by atoms with Crippen molar-refractivity contribution >= 4 is 10.9 Å². The second-order valence-corrected chi connectivity index (χ2v) is 4.37. The Balaban J connectivity index is 2.27. The van der Waals surface area contributed by atoms with Gasteiger partial charge >= 0.3 is 0 Å². The van der Waals surface area contributed by atoms with Crippen LogP contribution in [0.2, 0.25) is 0 Å². The van der Waals surface area contributed by atoms with Gasteiger partial charge in [0, 0.05) is 29.2 Å². The molecule has 0 bridgehead atoms. The van der Waals surface area contributed by atoms with E-state index in [0.717, 1.165) is 6.54 Å². The van der Waals surface area contributed by atoms with E-state index in [1.54, 1.807) is 0 Å². The maximum atomic E-state index is 3.43. The summed E-state index contributed by atoms with van der Waals surface area (Å²) in [6.07, 6.45) is 0. The highest BCUT2D eigenvalue weighted by Gasteiger charge is 2.02. The molecule has 0 saturated carbocycles. The zero-order valence-electron chi connectivity index (χ0n) is 9.59. The molecular formula is C13H18N2. The number of hydrogen-bond acceptors (Lipinski definition) is 1. The lowest BCUT2D eigenvalue weighted by Gasteiger charge is -2.05. The molecule has 0 aliphatic carbocycles. The fourth-order valence-corrected chi connectivity index (χ4v) is 1.77. The molecule has 2 rings (SSSR count). The van der Waals surface area contributed by atoms with Crippen LogP contribution in [0.15, 0.2) is 24.3 Å². The van der Waals surface area contributed by atoms with Crippen LogP contribution in [-0.2, 0) is 6.54 Å². The topological polar surface area (TPSA) is 27.8 Å². The molecule has 0 radical (unpaired) electrons. The number of rotatable bonds is 3. The molecule has 2 aromatic rings. The number of fused-ring (bicyclic) bond motifs is 1. The van der Waals surface area contributed by atoms with Crippen LogP contribution in [0, 0.1) is 6.92 Å². The van der Waals surface area contributed by atoms with Crippen LogP contribution in [0.1, 0.15) is 25.1 Å². The molecule has 0 aliphatic heterocycles. The van der Waals surface area contributed by atoms with Crippen LogP contribution >= 0.6 is 0 Å². The molecule has 2 N–H and O–H groups in total. The third kappa shape index (κ3) is 2.21. The minimum Gasteiger partial charge on any atom is -0.357 e. The van der Waals surface area contributed by atoms with Crippen LogP contribution in [0.25, 0.3) is 10.9 Å². The first-order valence-corrected chi connectivity index (χ1v) is 5.47. The maximum absolute atomic E-state index is 3.43. The molecule has 1 aromatic heterocycles. The van der Waals surface area contributed by atoms with Gasteiger partial charge in [0.15, 0.2) is 0 Å². The molecule has 15 heavy (non-hydrogen) atoms. The molecule has 0 spiro atoms. The minimum atomic E-state index is 0.525. The van der Waals surface area contributed by atoms with E-state index in [1.807, 2.05) is 0 Å². The smallest absolute Gasteiger partial charge is 0.0459 e. The average Bonchev–Trinajstić information content (AvgIpc) is 2.59. The molecule has 1 heterocycles. The van der Waals surface area contributed by atoms with Crippen molar-refractivity contribution in [1.29, 1.82) is 0 Å². The Labute approximate surface area is 90.7 Å². The van der Waals surface area contributed by atoms with Crippen molar-refractivity contribution in [3.63, 3.8) is 0 Å². The molecule has 0 aliphatic rings. The predicted octanol–water partition coefficient (Wildman–Crippen LogP) is 2.97. The number of nitrogens with one attached hydrogen (secondary N) is 2. The zero-order chi connectivity index (χ0) is 10.8. The summed E-state index contributed by atoms with van der Waals surface area (Å²) in [7, 11) is 0. The molecule has 0 amide bonds. The van der Waals surface area contributed by atoms with Crippen molar-refractivity contribution in [3.8, 4) is 0 Å². The molecule has 0 unspecified atom stereocenters. The minimum absolute atomic E-state index is 0.525. The van der Waals surface area contributed by atoms with Gasteiger partial charge in [-0.3, -0.25) is 0 Å². The Bertz CT molecular complexity index is 455. The Hall–Kier alpha value is -1.28. The van der Waals surface area contributed by atoms with E-state index >= 15 is 0 Å². The lowest BCUT2D eigenvalue weighted by Crippen LogP contribution is -2.21. The van der Waals surface area contributed by atoms with Crippen LogP contribution in [0.4, 0.5) is 0 Å². The summed E-state index contributed by atoms with van der Waals surface area (Å²) in [6, 6.07) is 9.13. The van der Waals surface area contributed by atoms with Gasteiger partial charge in [-0.05, 0) is 24.6 Å². The zero-order valence-corrected chi connectivity index (χ0v) is 9.59. The number of aryl methyl sites for hydroxylation is 1. The highest BCUT2D eigenvalue weighted by atomic mass is 14.9. The fraction of sp³-hybridized carbons (Fsp3) is 0.385. The fourth-order valence-electron chi connectivity index (χ4n) is 1.77. The van der Waals surface area contributed by atoms with E-state index in [9.17, 15) is 0 Å². The van der Waals surface area contributed by atoms with Crippen LogP contribution in [0.5, 0.6) is 0 Å². The van der Waals surface area contributed by atoms with E-state index in [1.165, 1.54) is 22.2 Å². The molecule has 2 heteroatoms. The first kappa shape index (κ1) is 10.2. The van der Waals surface area contributed by atoms with Gasteiger partial charge in [0.2, 0.25) is 0 Å². The molecule has 0 saturated heterocycles. The van der Waals surface area contributed by atoms with E-state index in [0.29, 0.717) is 6.04 Å². The predicted molar refractivity (Wildman–Crippen MR) is 65.0 cm³/mol. The van der Waals surface area contributed by atoms with Gasteiger partial charge < -0.3 is 10.3 Å². The number of hydrogen-bond donors (Lipinski definition) is 2. The first-order chi connectivity index (χ1) is 7.16. The van der Waals surface area contributed by atoms with Gasteiger partial charge in [-0.15, -0.1) is 0 Å². The van der Waals surface area contributed by atoms with Crippen LogP contribution in [0.3, 0.4) is 0 Å². The monoisotopic (exact) mass is 202 g/mol. The van der Waals surface area contributed by atoms with Gasteiger partial charge in [-0.25, -0.2) is 0 Å². The van der Waals surface area contributed by atoms with E-state index in [2.05, 4.69) is 55.3 Å². The van der Waals surface area contributed by atoms with Crippen molar-refractivity contribution < 1.29 is 0 Å². The molecule has 80 valence electrons.